The van der Waals surface area contributed by atoms with E-state index in [0.717, 1.165) is 25.0 Å². The van der Waals surface area contributed by atoms with Crippen LogP contribution in [0.2, 0.25) is 0 Å². The van der Waals surface area contributed by atoms with Gasteiger partial charge in [0.1, 0.15) is 15.8 Å². The van der Waals surface area contributed by atoms with Crippen molar-refractivity contribution < 1.29 is 9.53 Å². The van der Waals surface area contributed by atoms with Gasteiger partial charge in [-0.2, -0.15) is 0 Å². The second-order valence-corrected chi connectivity index (χ2v) is 9.55. The van der Waals surface area contributed by atoms with Crippen LogP contribution in [0.5, 0.6) is 0 Å². The highest BCUT2D eigenvalue weighted by Crippen LogP contribution is 2.34. The standard InChI is InChI=1S/C24H22N4O3S2/c29-22-18(13-19-23(30)28(24(32)33-19)15-16-7-2-1-3-8-16)21(25-14-17-9-6-12-31-17)26-20-10-4-5-11-27(20)22/h1-5,7-8,10-11,13,17,25H,6,9,12,14-15H2/b19-13-. The van der Waals surface area contributed by atoms with Gasteiger partial charge in [-0.25, -0.2) is 4.98 Å². The molecular formula is C24H22N4O3S2. The van der Waals surface area contributed by atoms with Crippen molar-refractivity contribution in [1.82, 2.24) is 14.3 Å². The Hall–Kier alpha value is -3.01. The molecule has 1 amide bonds. The van der Waals surface area contributed by atoms with Crippen LogP contribution in [0.3, 0.4) is 0 Å². The fourth-order valence-electron chi connectivity index (χ4n) is 3.92. The number of hydrogen-bond acceptors (Lipinski definition) is 7. The lowest BCUT2D eigenvalue weighted by Gasteiger charge is -2.15. The maximum atomic E-state index is 13.3. The number of amides is 1. The smallest absolute Gasteiger partial charge is 0.267 e. The molecular weight excluding hydrogens is 456 g/mol. The van der Waals surface area contributed by atoms with Crippen LogP contribution in [0.25, 0.3) is 11.7 Å². The number of carbonyl (C=O) groups is 1. The van der Waals surface area contributed by atoms with Gasteiger partial charge in [-0.15, -0.1) is 0 Å². The van der Waals surface area contributed by atoms with Crippen LogP contribution < -0.4 is 10.9 Å². The van der Waals surface area contributed by atoms with Gasteiger partial charge in [0.15, 0.2) is 0 Å². The summed E-state index contributed by atoms with van der Waals surface area (Å²) < 4.78 is 7.65. The molecule has 33 heavy (non-hydrogen) atoms. The zero-order chi connectivity index (χ0) is 22.8. The summed E-state index contributed by atoms with van der Waals surface area (Å²) in [7, 11) is 0. The van der Waals surface area contributed by atoms with Gasteiger partial charge >= 0.3 is 0 Å². The third kappa shape index (κ3) is 4.57. The van der Waals surface area contributed by atoms with Gasteiger partial charge in [-0.05, 0) is 36.6 Å². The molecule has 0 bridgehead atoms. The van der Waals surface area contributed by atoms with Gasteiger partial charge in [0.2, 0.25) is 0 Å². The van der Waals surface area contributed by atoms with Crippen molar-refractivity contribution >= 4 is 51.7 Å². The van der Waals surface area contributed by atoms with E-state index in [2.05, 4.69) is 10.3 Å². The average Bonchev–Trinajstić information content (AvgIpc) is 3.44. The largest absolute Gasteiger partial charge is 0.376 e. The van der Waals surface area contributed by atoms with Gasteiger partial charge in [0.25, 0.3) is 11.5 Å². The number of carbonyl (C=O) groups excluding carboxylic acids is 1. The fourth-order valence-corrected chi connectivity index (χ4v) is 5.15. The Bertz CT molecular complexity index is 1300. The third-order valence-corrected chi connectivity index (χ3v) is 7.00. The Morgan fingerprint density at radius 2 is 2.00 bits per heavy atom. The van der Waals surface area contributed by atoms with E-state index in [1.54, 1.807) is 29.3 Å². The number of fused-ring (bicyclic) bond motifs is 1. The van der Waals surface area contributed by atoms with E-state index < -0.39 is 0 Å². The molecule has 2 aromatic heterocycles. The maximum absolute atomic E-state index is 13.3. The Kier molecular flexibility index (Phi) is 6.26. The SMILES string of the molecule is O=C1/C(=C/c2c(NCC3CCCO3)nc3ccccn3c2=O)SC(=S)N1Cc1ccccc1. The minimum Gasteiger partial charge on any atom is -0.376 e. The molecule has 7 nitrogen and oxygen atoms in total. The summed E-state index contributed by atoms with van der Waals surface area (Å²) in [6.45, 7) is 1.68. The Balaban J connectivity index is 1.49. The monoisotopic (exact) mass is 478 g/mol. The van der Waals surface area contributed by atoms with Crippen molar-refractivity contribution in [3.63, 3.8) is 0 Å². The van der Waals surface area contributed by atoms with Crippen molar-refractivity contribution in [2.24, 2.45) is 0 Å². The number of ether oxygens (including phenoxy) is 1. The molecule has 168 valence electrons. The van der Waals surface area contributed by atoms with Crippen molar-refractivity contribution in [2.75, 3.05) is 18.5 Å². The number of aromatic nitrogens is 2. The lowest BCUT2D eigenvalue weighted by Crippen LogP contribution is -2.27. The quantitative estimate of drug-likeness (QED) is 0.428. The average molecular weight is 479 g/mol. The molecule has 2 aliphatic rings. The predicted octanol–water partition coefficient (Wildman–Crippen LogP) is 3.69. The van der Waals surface area contributed by atoms with Crippen molar-refractivity contribution in [2.45, 2.75) is 25.5 Å². The lowest BCUT2D eigenvalue weighted by atomic mass is 10.2. The van der Waals surface area contributed by atoms with Crippen molar-refractivity contribution in [1.29, 1.82) is 0 Å². The topological polar surface area (TPSA) is 75.9 Å². The van der Waals surface area contributed by atoms with E-state index in [4.69, 9.17) is 17.0 Å². The predicted molar refractivity (Wildman–Crippen MR) is 134 cm³/mol. The van der Waals surface area contributed by atoms with E-state index in [1.165, 1.54) is 16.2 Å². The van der Waals surface area contributed by atoms with Gasteiger partial charge in [0.05, 0.1) is 23.1 Å². The molecule has 0 saturated carbocycles. The van der Waals surface area contributed by atoms with Crippen LogP contribution in [0.1, 0.15) is 24.0 Å². The highest BCUT2D eigenvalue weighted by atomic mass is 32.2. The number of nitrogens with zero attached hydrogens (tertiary/aromatic N) is 3. The Morgan fingerprint density at radius 3 is 2.79 bits per heavy atom. The number of hydrogen-bond donors (Lipinski definition) is 1. The second-order valence-electron chi connectivity index (χ2n) is 7.88. The first kappa shape index (κ1) is 21.8. The number of anilines is 1. The lowest BCUT2D eigenvalue weighted by molar-refractivity contribution is -0.122. The Labute approximate surface area is 200 Å². The fraction of sp³-hybridized carbons (Fsp3) is 0.250. The zero-order valence-corrected chi connectivity index (χ0v) is 19.4. The second kappa shape index (κ2) is 9.46. The number of rotatable bonds is 6. The molecule has 5 rings (SSSR count). The van der Waals surface area contributed by atoms with Gasteiger partial charge in [0, 0.05) is 19.3 Å². The molecule has 2 fully saturated rings. The van der Waals surface area contributed by atoms with Gasteiger partial charge < -0.3 is 10.1 Å². The molecule has 3 aromatic rings. The van der Waals surface area contributed by atoms with Crippen LogP contribution in [0.15, 0.2) is 64.4 Å². The number of benzene rings is 1. The Morgan fingerprint density at radius 1 is 1.18 bits per heavy atom. The molecule has 0 spiro atoms. The zero-order valence-electron chi connectivity index (χ0n) is 17.8. The summed E-state index contributed by atoms with van der Waals surface area (Å²) in [6.07, 6.45) is 5.35. The van der Waals surface area contributed by atoms with E-state index in [9.17, 15) is 9.59 Å². The summed E-state index contributed by atoms with van der Waals surface area (Å²) in [6, 6.07) is 15.1. The molecule has 1 unspecified atom stereocenters. The molecule has 9 heteroatoms. The van der Waals surface area contributed by atoms with E-state index in [0.29, 0.717) is 39.3 Å². The molecule has 2 aliphatic heterocycles. The van der Waals surface area contributed by atoms with Crippen LogP contribution in [0, 0.1) is 0 Å². The highest BCUT2D eigenvalue weighted by Gasteiger charge is 2.32. The molecule has 1 N–H and O–H groups in total. The normalized spacial score (nSPS) is 19.7. The highest BCUT2D eigenvalue weighted by molar-refractivity contribution is 8.26. The maximum Gasteiger partial charge on any atom is 0.267 e. The van der Waals surface area contributed by atoms with Crippen molar-refractivity contribution in [3.8, 4) is 0 Å². The number of nitrogens with one attached hydrogen (secondary N) is 1. The van der Waals surface area contributed by atoms with Gasteiger partial charge in [-0.1, -0.05) is 60.4 Å². The molecule has 2 saturated heterocycles. The van der Waals surface area contributed by atoms with Crippen LogP contribution in [-0.2, 0) is 16.1 Å². The molecule has 0 aliphatic carbocycles. The molecule has 4 heterocycles. The number of thiocarbonyl (C=S) groups is 1. The van der Waals surface area contributed by atoms with Crippen LogP contribution in [0.4, 0.5) is 5.82 Å². The summed E-state index contributed by atoms with van der Waals surface area (Å²) in [4.78, 5) is 33.1. The molecule has 1 atom stereocenters. The first-order valence-corrected chi connectivity index (χ1v) is 12.0. The number of thioether (sulfide) groups is 1. The van der Waals surface area contributed by atoms with E-state index >= 15 is 0 Å². The number of pyridine rings is 1. The summed E-state index contributed by atoms with van der Waals surface area (Å²) >= 11 is 6.68. The summed E-state index contributed by atoms with van der Waals surface area (Å²) in [5.41, 5.74) is 1.60. The third-order valence-electron chi connectivity index (χ3n) is 5.62. The van der Waals surface area contributed by atoms with E-state index in [-0.39, 0.29) is 17.6 Å². The summed E-state index contributed by atoms with van der Waals surface area (Å²) in [5.74, 6) is 0.228. The molecule has 1 aromatic carbocycles. The van der Waals surface area contributed by atoms with Crippen molar-refractivity contribution in [3.05, 3.63) is 81.1 Å². The molecule has 0 radical (unpaired) electrons. The van der Waals surface area contributed by atoms with E-state index in [1.807, 2.05) is 36.4 Å². The summed E-state index contributed by atoms with van der Waals surface area (Å²) in [5, 5.41) is 3.28. The first-order chi connectivity index (χ1) is 16.1. The van der Waals surface area contributed by atoms with Crippen LogP contribution in [-0.4, -0.2) is 43.8 Å². The minimum atomic E-state index is -0.247. The minimum absolute atomic E-state index is 0.0814. The van der Waals surface area contributed by atoms with Crippen LogP contribution >= 0.6 is 24.0 Å². The van der Waals surface area contributed by atoms with Gasteiger partial charge in [-0.3, -0.25) is 18.9 Å². The first-order valence-electron chi connectivity index (χ1n) is 10.8.